The number of ether oxygens (including phenoxy) is 1. The van der Waals surface area contributed by atoms with Gasteiger partial charge in [0.1, 0.15) is 5.82 Å². The third-order valence-electron chi connectivity index (χ3n) is 3.51. The molecule has 0 radical (unpaired) electrons. The second-order valence-electron chi connectivity index (χ2n) is 5.07. The van der Waals surface area contributed by atoms with Crippen molar-refractivity contribution in [3.63, 3.8) is 0 Å². The van der Waals surface area contributed by atoms with Crippen LogP contribution in [0.2, 0.25) is 0 Å². The predicted octanol–water partition coefficient (Wildman–Crippen LogP) is 4.49. The number of benzene rings is 2. The number of nitrogens with zero attached hydrogens (tertiary/aromatic N) is 1. The van der Waals surface area contributed by atoms with Gasteiger partial charge in [0.05, 0.1) is 7.11 Å². The summed E-state index contributed by atoms with van der Waals surface area (Å²) in [4.78, 5) is 4.38. The van der Waals surface area contributed by atoms with Gasteiger partial charge >= 0.3 is 0 Å². The number of pyridine rings is 1. The second-order valence-corrected chi connectivity index (χ2v) is 5.07. The highest BCUT2D eigenvalue weighted by Gasteiger charge is 2.09. The zero-order valence-electron chi connectivity index (χ0n) is 12.3. The summed E-state index contributed by atoms with van der Waals surface area (Å²) in [5.41, 5.74) is 3.95. The molecule has 3 heteroatoms. The minimum atomic E-state index is -0.233. The van der Waals surface area contributed by atoms with Crippen molar-refractivity contribution in [3.8, 4) is 17.0 Å². The van der Waals surface area contributed by atoms with Crippen LogP contribution in [0.25, 0.3) is 11.1 Å². The SMILES string of the molecule is COc1ncc(-c2ccccc2)cc1Cc1cccc(F)c1. The summed E-state index contributed by atoms with van der Waals surface area (Å²) in [5, 5.41) is 0. The first-order valence-corrected chi connectivity index (χ1v) is 7.09. The van der Waals surface area contributed by atoms with Crippen LogP contribution in [0.15, 0.2) is 66.9 Å². The minimum absolute atomic E-state index is 0.233. The van der Waals surface area contributed by atoms with Gasteiger partial charge in [-0.2, -0.15) is 0 Å². The number of hydrogen-bond acceptors (Lipinski definition) is 2. The summed E-state index contributed by atoms with van der Waals surface area (Å²) in [6.07, 6.45) is 2.37. The zero-order chi connectivity index (χ0) is 15.4. The molecule has 2 aromatic carbocycles. The van der Waals surface area contributed by atoms with E-state index in [4.69, 9.17) is 4.74 Å². The van der Waals surface area contributed by atoms with E-state index in [2.05, 4.69) is 4.98 Å². The van der Waals surface area contributed by atoms with E-state index in [-0.39, 0.29) is 5.82 Å². The van der Waals surface area contributed by atoms with Crippen LogP contribution in [0.3, 0.4) is 0 Å². The highest BCUT2D eigenvalue weighted by molar-refractivity contribution is 5.64. The van der Waals surface area contributed by atoms with Gasteiger partial charge in [-0.3, -0.25) is 0 Å². The molecule has 0 amide bonds. The van der Waals surface area contributed by atoms with Crippen LogP contribution in [0.1, 0.15) is 11.1 Å². The van der Waals surface area contributed by atoms with E-state index in [1.165, 1.54) is 12.1 Å². The lowest BCUT2D eigenvalue weighted by molar-refractivity contribution is 0.393. The van der Waals surface area contributed by atoms with Crippen molar-refractivity contribution in [1.82, 2.24) is 4.98 Å². The number of methoxy groups -OCH3 is 1. The molecule has 0 bridgehead atoms. The molecule has 3 aromatic rings. The first-order valence-electron chi connectivity index (χ1n) is 7.09. The molecule has 3 rings (SSSR count). The van der Waals surface area contributed by atoms with Gasteiger partial charge in [0, 0.05) is 23.7 Å². The largest absolute Gasteiger partial charge is 0.481 e. The van der Waals surface area contributed by atoms with E-state index in [1.807, 2.05) is 42.5 Å². The fraction of sp³-hybridized carbons (Fsp3) is 0.105. The number of hydrogen-bond donors (Lipinski definition) is 0. The fourth-order valence-corrected chi connectivity index (χ4v) is 2.46. The predicted molar refractivity (Wildman–Crippen MR) is 85.4 cm³/mol. The maximum atomic E-state index is 13.3. The van der Waals surface area contributed by atoms with Crippen LogP contribution >= 0.6 is 0 Å². The lowest BCUT2D eigenvalue weighted by Gasteiger charge is -2.10. The Labute approximate surface area is 129 Å². The Balaban J connectivity index is 1.98. The van der Waals surface area contributed by atoms with Crippen molar-refractivity contribution in [3.05, 3.63) is 83.8 Å². The highest BCUT2D eigenvalue weighted by Crippen LogP contribution is 2.26. The quantitative estimate of drug-likeness (QED) is 0.707. The van der Waals surface area contributed by atoms with E-state index < -0.39 is 0 Å². The minimum Gasteiger partial charge on any atom is -0.481 e. The van der Waals surface area contributed by atoms with Gasteiger partial charge in [-0.15, -0.1) is 0 Å². The summed E-state index contributed by atoms with van der Waals surface area (Å²) >= 11 is 0. The molecule has 2 nitrogen and oxygen atoms in total. The number of aromatic nitrogens is 1. The molecule has 1 aromatic heterocycles. The average molecular weight is 293 g/mol. The van der Waals surface area contributed by atoms with Crippen molar-refractivity contribution in [2.24, 2.45) is 0 Å². The molecule has 0 saturated heterocycles. The Morgan fingerprint density at radius 1 is 0.955 bits per heavy atom. The van der Waals surface area contributed by atoms with Crippen molar-refractivity contribution in [1.29, 1.82) is 0 Å². The summed E-state index contributed by atoms with van der Waals surface area (Å²) < 4.78 is 18.7. The van der Waals surface area contributed by atoms with Crippen LogP contribution in [0.5, 0.6) is 5.88 Å². The molecule has 0 saturated carbocycles. The fourth-order valence-electron chi connectivity index (χ4n) is 2.46. The summed E-state index contributed by atoms with van der Waals surface area (Å²) in [6.45, 7) is 0. The van der Waals surface area contributed by atoms with E-state index >= 15 is 0 Å². The van der Waals surface area contributed by atoms with E-state index in [1.54, 1.807) is 19.4 Å². The number of halogens is 1. The molecular weight excluding hydrogens is 277 g/mol. The molecular formula is C19H16FNO. The van der Waals surface area contributed by atoms with Crippen LogP contribution in [0.4, 0.5) is 4.39 Å². The molecule has 0 aliphatic carbocycles. The topological polar surface area (TPSA) is 22.1 Å². The van der Waals surface area contributed by atoms with Gasteiger partial charge in [-0.25, -0.2) is 9.37 Å². The Bertz CT molecular complexity index is 771. The van der Waals surface area contributed by atoms with Crippen molar-refractivity contribution >= 4 is 0 Å². The Hall–Kier alpha value is -2.68. The van der Waals surface area contributed by atoms with Crippen LogP contribution < -0.4 is 4.74 Å². The third kappa shape index (κ3) is 3.14. The van der Waals surface area contributed by atoms with Gasteiger partial charge in [0.15, 0.2) is 0 Å². The maximum Gasteiger partial charge on any atom is 0.216 e. The van der Waals surface area contributed by atoms with Crippen molar-refractivity contribution in [2.75, 3.05) is 7.11 Å². The Morgan fingerprint density at radius 2 is 1.77 bits per heavy atom. The highest BCUT2D eigenvalue weighted by atomic mass is 19.1. The molecule has 1 heterocycles. The molecule has 22 heavy (non-hydrogen) atoms. The van der Waals surface area contributed by atoms with Crippen LogP contribution in [0, 0.1) is 5.82 Å². The monoisotopic (exact) mass is 293 g/mol. The normalized spacial score (nSPS) is 10.5. The van der Waals surface area contributed by atoms with Gasteiger partial charge < -0.3 is 4.74 Å². The van der Waals surface area contributed by atoms with Crippen molar-refractivity contribution < 1.29 is 9.13 Å². The zero-order valence-corrected chi connectivity index (χ0v) is 12.3. The van der Waals surface area contributed by atoms with Crippen LogP contribution in [-0.2, 0) is 6.42 Å². The van der Waals surface area contributed by atoms with Gasteiger partial charge in [-0.1, -0.05) is 42.5 Å². The standard InChI is InChI=1S/C19H16FNO/c1-22-19-16(10-14-6-5-9-18(20)11-14)12-17(13-21-19)15-7-3-2-4-8-15/h2-9,11-13H,10H2,1H3. The smallest absolute Gasteiger partial charge is 0.216 e. The maximum absolute atomic E-state index is 13.3. The first-order chi connectivity index (χ1) is 10.8. The average Bonchev–Trinajstić information content (AvgIpc) is 2.56. The molecule has 0 aliphatic heterocycles. The molecule has 0 spiro atoms. The molecule has 110 valence electrons. The molecule has 0 atom stereocenters. The van der Waals surface area contributed by atoms with E-state index in [0.29, 0.717) is 12.3 Å². The summed E-state index contributed by atoms with van der Waals surface area (Å²) in [7, 11) is 1.60. The van der Waals surface area contributed by atoms with Gasteiger partial charge in [-0.05, 0) is 29.3 Å². The number of rotatable bonds is 4. The third-order valence-corrected chi connectivity index (χ3v) is 3.51. The lowest BCUT2D eigenvalue weighted by atomic mass is 10.0. The van der Waals surface area contributed by atoms with Gasteiger partial charge in [0.25, 0.3) is 0 Å². The molecule has 0 aliphatic rings. The van der Waals surface area contributed by atoms with E-state index in [0.717, 1.165) is 22.3 Å². The summed E-state index contributed by atoms with van der Waals surface area (Å²) in [5.74, 6) is 0.340. The Kier molecular flexibility index (Phi) is 4.15. The molecule has 0 fully saturated rings. The Morgan fingerprint density at radius 3 is 2.50 bits per heavy atom. The van der Waals surface area contributed by atoms with E-state index in [9.17, 15) is 4.39 Å². The lowest BCUT2D eigenvalue weighted by Crippen LogP contribution is -1.98. The molecule has 0 N–H and O–H groups in total. The van der Waals surface area contributed by atoms with Crippen molar-refractivity contribution in [2.45, 2.75) is 6.42 Å². The van der Waals surface area contributed by atoms with Crippen LogP contribution in [-0.4, -0.2) is 12.1 Å². The molecule has 0 unspecified atom stereocenters. The summed E-state index contributed by atoms with van der Waals surface area (Å²) in [6, 6.07) is 18.7. The first kappa shape index (κ1) is 14.3. The second kappa shape index (κ2) is 6.39. The van der Waals surface area contributed by atoms with Gasteiger partial charge in [0.2, 0.25) is 5.88 Å².